The number of hydrogen-bond acceptors (Lipinski definition) is 2. The van der Waals surface area contributed by atoms with E-state index in [9.17, 15) is 4.79 Å². The molecule has 1 aliphatic heterocycles. The third kappa shape index (κ3) is 5.07. The Morgan fingerprint density at radius 2 is 2.06 bits per heavy atom. The van der Waals surface area contributed by atoms with E-state index in [0.717, 1.165) is 13.0 Å². The van der Waals surface area contributed by atoms with Gasteiger partial charge in [0, 0.05) is 18.1 Å². The van der Waals surface area contributed by atoms with E-state index in [-0.39, 0.29) is 11.4 Å². The van der Waals surface area contributed by atoms with Crippen LogP contribution in [0.1, 0.15) is 59.8 Å². The van der Waals surface area contributed by atoms with Crippen molar-refractivity contribution in [3.8, 4) is 0 Å². The smallest absolute Gasteiger partial charge is 0.236 e. The molecule has 0 spiro atoms. The van der Waals surface area contributed by atoms with E-state index in [1.54, 1.807) is 0 Å². The van der Waals surface area contributed by atoms with Crippen LogP contribution in [0.4, 0.5) is 0 Å². The fourth-order valence-corrected chi connectivity index (χ4v) is 2.40. The lowest BCUT2D eigenvalue weighted by molar-refractivity contribution is -0.134. The summed E-state index contributed by atoms with van der Waals surface area (Å²) in [5.74, 6) is 0.276. The Hall–Kier alpha value is -0.570. The van der Waals surface area contributed by atoms with Crippen molar-refractivity contribution in [2.45, 2.75) is 71.4 Å². The number of nitrogens with zero attached hydrogens (tertiary/aromatic N) is 1. The van der Waals surface area contributed by atoms with Gasteiger partial charge in [-0.05, 0) is 46.5 Å². The largest absolute Gasteiger partial charge is 0.339 e. The van der Waals surface area contributed by atoms with Crippen molar-refractivity contribution in [1.82, 2.24) is 10.2 Å². The molecule has 1 rings (SSSR count). The quantitative estimate of drug-likeness (QED) is 0.819. The molecule has 0 bridgehead atoms. The summed E-state index contributed by atoms with van der Waals surface area (Å²) >= 11 is 0. The normalized spacial score (nSPS) is 21.6. The zero-order valence-electron chi connectivity index (χ0n) is 11.9. The van der Waals surface area contributed by atoms with Gasteiger partial charge >= 0.3 is 0 Å². The molecule has 3 heteroatoms. The summed E-state index contributed by atoms with van der Waals surface area (Å²) in [6.07, 6.45) is 5.96. The lowest BCUT2D eigenvalue weighted by Crippen LogP contribution is -2.50. The topological polar surface area (TPSA) is 32.3 Å². The number of piperidine rings is 1. The van der Waals surface area contributed by atoms with Crippen molar-refractivity contribution in [2.75, 3.05) is 13.1 Å². The predicted molar refractivity (Wildman–Crippen MR) is 72.0 cm³/mol. The van der Waals surface area contributed by atoms with Gasteiger partial charge < -0.3 is 10.2 Å². The zero-order chi connectivity index (χ0) is 12.9. The maximum Gasteiger partial charge on any atom is 0.236 e. The highest BCUT2D eigenvalue weighted by atomic mass is 16.2. The summed E-state index contributed by atoms with van der Waals surface area (Å²) in [6.45, 7) is 9.92. The number of rotatable bonds is 4. The first-order chi connectivity index (χ1) is 7.94. The van der Waals surface area contributed by atoms with E-state index in [4.69, 9.17) is 0 Å². The molecule has 17 heavy (non-hydrogen) atoms. The van der Waals surface area contributed by atoms with Gasteiger partial charge in [0.1, 0.15) is 0 Å². The van der Waals surface area contributed by atoms with Crippen LogP contribution in [0.5, 0.6) is 0 Å². The van der Waals surface area contributed by atoms with Gasteiger partial charge in [-0.15, -0.1) is 0 Å². The number of amides is 1. The maximum absolute atomic E-state index is 12.2. The number of likely N-dealkylation sites (tertiary alicyclic amines) is 1. The minimum absolute atomic E-state index is 0.0195. The fraction of sp³-hybridized carbons (Fsp3) is 0.929. The Balaban J connectivity index is 2.47. The summed E-state index contributed by atoms with van der Waals surface area (Å²) < 4.78 is 0. The van der Waals surface area contributed by atoms with Crippen molar-refractivity contribution in [3.05, 3.63) is 0 Å². The van der Waals surface area contributed by atoms with Crippen LogP contribution in [0.3, 0.4) is 0 Å². The number of hydrogen-bond donors (Lipinski definition) is 1. The molecule has 1 amide bonds. The predicted octanol–water partition coefficient (Wildman–Crippen LogP) is 2.56. The van der Waals surface area contributed by atoms with E-state index < -0.39 is 0 Å². The van der Waals surface area contributed by atoms with Crippen LogP contribution in [0.15, 0.2) is 0 Å². The van der Waals surface area contributed by atoms with Gasteiger partial charge in [-0.25, -0.2) is 0 Å². The molecule has 1 heterocycles. The monoisotopic (exact) mass is 240 g/mol. The number of carbonyl (C=O) groups excluding carboxylic acids is 1. The fourth-order valence-electron chi connectivity index (χ4n) is 2.40. The molecular formula is C14H28N2O. The van der Waals surface area contributed by atoms with E-state index >= 15 is 0 Å². The first-order valence-electron chi connectivity index (χ1n) is 6.98. The van der Waals surface area contributed by atoms with E-state index in [1.165, 1.54) is 25.7 Å². The van der Waals surface area contributed by atoms with Gasteiger partial charge in [0.2, 0.25) is 5.91 Å². The second-order valence-electron chi connectivity index (χ2n) is 6.13. The minimum Gasteiger partial charge on any atom is -0.339 e. The lowest BCUT2D eigenvalue weighted by atomic mass is 9.98. The van der Waals surface area contributed by atoms with Gasteiger partial charge in [0.25, 0.3) is 0 Å². The molecule has 0 aliphatic carbocycles. The summed E-state index contributed by atoms with van der Waals surface area (Å²) in [6, 6.07) is 0.489. The van der Waals surface area contributed by atoms with Crippen LogP contribution in [0.2, 0.25) is 0 Å². The molecule has 3 nitrogen and oxygen atoms in total. The molecule has 1 fully saturated rings. The van der Waals surface area contributed by atoms with Crippen molar-refractivity contribution < 1.29 is 4.79 Å². The molecule has 0 aromatic carbocycles. The third-order valence-electron chi connectivity index (χ3n) is 3.34. The van der Waals surface area contributed by atoms with Crippen molar-refractivity contribution >= 4 is 5.91 Å². The van der Waals surface area contributed by atoms with Gasteiger partial charge in [0.15, 0.2) is 0 Å². The summed E-state index contributed by atoms with van der Waals surface area (Å²) in [4.78, 5) is 14.3. The molecule has 100 valence electrons. The Labute approximate surface area is 106 Å². The first-order valence-corrected chi connectivity index (χ1v) is 6.98. The molecule has 1 saturated heterocycles. The van der Waals surface area contributed by atoms with Gasteiger partial charge in [0.05, 0.1) is 6.54 Å². The van der Waals surface area contributed by atoms with Gasteiger partial charge in [-0.1, -0.05) is 13.3 Å². The molecule has 0 radical (unpaired) electrons. The Morgan fingerprint density at radius 1 is 1.35 bits per heavy atom. The highest BCUT2D eigenvalue weighted by molar-refractivity contribution is 5.78. The van der Waals surface area contributed by atoms with Crippen molar-refractivity contribution in [2.24, 2.45) is 0 Å². The molecule has 1 atom stereocenters. The molecule has 1 N–H and O–H groups in total. The molecule has 1 unspecified atom stereocenters. The first kappa shape index (κ1) is 14.5. The molecular weight excluding hydrogens is 212 g/mol. The summed E-state index contributed by atoms with van der Waals surface area (Å²) in [5.41, 5.74) is 0.0195. The van der Waals surface area contributed by atoms with Crippen LogP contribution >= 0.6 is 0 Å². The van der Waals surface area contributed by atoms with Crippen molar-refractivity contribution in [1.29, 1.82) is 0 Å². The lowest BCUT2D eigenvalue weighted by Gasteiger charge is -2.36. The Bertz CT molecular complexity index is 243. The van der Waals surface area contributed by atoms with Crippen LogP contribution in [-0.4, -0.2) is 35.5 Å². The van der Waals surface area contributed by atoms with Gasteiger partial charge in [-0.2, -0.15) is 0 Å². The standard InChI is InChI=1S/C14H28N2O/c1-5-8-12-9-6-7-10-16(12)13(17)11-15-14(2,3)4/h12,15H,5-11H2,1-4H3. The van der Waals surface area contributed by atoms with Crippen molar-refractivity contribution in [3.63, 3.8) is 0 Å². The van der Waals surface area contributed by atoms with Crippen LogP contribution in [0.25, 0.3) is 0 Å². The van der Waals surface area contributed by atoms with Crippen LogP contribution in [0, 0.1) is 0 Å². The second kappa shape index (κ2) is 6.39. The summed E-state index contributed by atoms with van der Waals surface area (Å²) in [5, 5.41) is 3.29. The Kier molecular flexibility index (Phi) is 5.44. The summed E-state index contributed by atoms with van der Waals surface area (Å²) in [7, 11) is 0. The van der Waals surface area contributed by atoms with Crippen LogP contribution < -0.4 is 5.32 Å². The SMILES string of the molecule is CCCC1CCCCN1C(=O)CNC(C)(C)C. The highest BCUT2D eigenvalue weighted by Crippen LogP contribution is 2.20. The average molecular weight is 240 g/mol. The number of carbonyl (C=O) groups is 1. The third-order valence-corrected chi connectivity index (χ3v) is 3.34. The molecule has 1 aliphatic rings. The maximum atomic E-state index is 12.2. The Morgan fingerprint density at radius 3 is 2.65 bits per heavy atom. The van der Waals surface area contributed by atoms with E-state index in [0.29, 0.717) is 12.6 Å². The van der Waals surface area contributed by atoms with E-state index in [2.05, 4.69) is 37.9 Å². The second-order valence-corrected chi connectivity index (χ2v) is 6.13. The van der Waals surface area contributed by atoms with Crippen LogP contribution in [-0.2, 0) is 4.79 Å². The highest BCUT2D eigenvalue weighted by Gasteiger charge is 2.26. The van der Waals surface area contributed by atoms with Gasteiger partial charge in [-0.3, -0.25) is 4.79 Å². The minimum atomic E-state index is 0.0195. The van der Waals surface area contributed by atoms with E-state index in [1.807, 2.05) is 0 Å². The average Bonchev–Trinajstić information content (AvgIpc) is 2.26. The molecule has 0 aromatic heterocycles. The zero-order valence-corrected chi connectivity index (χ0v) is 11.9. The molecule has 0 aromatic rings. The number of nitrogens with one attached hydrogen (secondary N) is 1. The molecule has 0 saturated carbocycles.